The minimum Gasteiger partial charge on any atom is -0.469 e. The van der Waals surface area contributed by atoms with Crippen molar-refractivity contribution in [1.29, 1.82) is 0 Å². The first-order chi connectivity index (χ1) is 17.4. The predicted octanol–water partition coefficient (Wildman–Crippen LogP) is 7.03. The molecule has 1 saturated carbocycles. The Hall–Kier alpha value is -2.42. The summed E-state index contributed by atoms with van der Waals surface area (Å²) in [4.78, 5) is 26.0. The largest absolute Gasteiger partial charge is 0.469 e. The fourth-order valence-electron chi connectivity index (χ4n) is 4.81. The highest BCUT2D eigenvalue weighted by Crippen LogP contribution is 2.42. The van der Waals surface area contributed by atoms with Gasteiger partial charge in [-0.25, -0.2) is 9.59 Å². The van der Waals surface area contributed by atoms with E-state index in [0.29, 0.717) is 30.6 Å². The molecule has 3 aromatic rings. The minimum atomic E-state index is -0.483. The molecular weight excluding hydrogens is 592 g/mol. The summed E-state index contributed by atoms with van der Waals surface area (Å²) >= 11 is 6.78. The van der Waals surface area contributed by atoms with E-state index < -0.39 is 24.1 Å². The number of carbonyl (C=O) groups excluding carboxylic acids is 2. The number of rotatable bonds is 7. The molecule has 1 heterocycles. The molecule has 0 bridgehead atoms. The fraction of sp³-hybridized carbons (Fsp3) is 0.357. The molecule has 36 heavy (non-hydrogen) atoms. The van der Waals surface area contributed by atoms with Gasteiger partial charge in [-0.05, 0) is 78.9 Å². The van der Waals surface area contributed by atoms with Crippen molar-refractivity contribution in [2.75, 3.05) is 13.7 Å². The lowest BCUT2D eigenvalue weighted by Crippen LogP contribution is -2.34. The van der Waals surface area contributed by atoms with Gasteiger partial charge in [0.25, 0.3) is 0 Å². The van der Waals surface area contributed by atoms with Crippen LogP contribution in [0.3, 0.4) is 0 Å². The number of carbonyl (C=O) groups is 2. The van der Waals surface area contributed by atoms with E-state index in [1.807, 2.05) is 12.1 Å². The summed E-state index contributed by atoms with van der Waals surface area (Å²) in [6.07, 6.45) is 1.58. The van der Waals surface area contributed by atoms with Crippen LogP contribution in [0.5, 0.6) is 0 Å². The van der Waals surface area contributed by atoms with Crippen LogP contribution < -0.4 is 0 Å². The second-order valence-corrected chi connectivity index (χ2v) is 10.9. The van der Waals surface area contributed by atoms with Gasteiger partial charge in [-0.3, -0.25) is 0 Å². The smallest absolute Gasteiger partial charge is 0.338 e. The molecule has 4 rings (SSSR count). The van der Waals surface area contributed by atoms with E-state index in [0.717, 1.165) is 14.7 Å². The minimum absolute atomic E-state index is 0.0137. The molecule has 0 aliphatic heterocycles. The Bertz CT molecular complexity index is 1140. The first-order valence-corrected chi connectivity index (χ1v) is 13.4. The summed E-state index contributed by atoms with van der Waals surface area (Å²) in [5, 5.41) is 0. The second-order valence-electron chi connectivity index (χ2n) is 9.06. The van der Waals surface area contributed by atoms with Crippen molar-refractivity contribution in [3.05, 3.63) is 92.8 Å². The van der Waals surface area contributed by atoms with Crippen LogP contribution in [-0.4, -0.2) is 37.9 Å². The van der Waals surface area contributed by atoms with Crippen LogP contribution in [0.2, 0.25) is 0 Å². The number of benzene rings is 2. The molecule has 0 saturated heterocycles. The molecule has 5 atom stereocenters. The number of esters is 2. The predicted molar refractivity (Wildman–Crippen MR) is 142 cm³/mol. The number of furan rings is 1. The first-order valence-electron chi connectivity index (χ1n) is 11.8. The number of halogens is 2. The molecule has 8 heteroatoms. The van der Waals surface area contributed by atoms with Crippen molar-refractivity contribution < 1.29 is 28.2 Å². The lowest BCUT2D eigenvalue weighted by molar-refractivity contribution is -0.0166. The highest BCUT2D eigenvalue weighted by molar-refractivity contribution is 9.10. The van der Waals surface area contributed by atoms with E-state index in [-0.39, 0.29) is 17.8 Å². The van der Waals surface area contributed by atoms with Crippen LogP contribution in [0.1, 0.15) is 52.2 Å². The van der Waals surface area contributed by atoms with Crippen LogP contribution in [0.25, 0.3) is 0 Å². The van der Waals surface area contributed by atoms with Crippen molar-refractivity contribution in [3.63, 3.8) is 0 Å². The van der Waals surface area contributed by atoms with Crippen molar-refractivity contribution in [1.82, 2.24) is 0 Å². The van der Waals surface area contributed by atoms with Crippen LogP contribution in [0.15, 0.2) is 80.3 Å². The van der Waals surface area contributed by atoms with Crippen LogP contribution in [-0.2, 0) is 14.2 Å². The van der Waals surface area contributed by atoms with E-state index >= 15 is 0 Å². The van der Waals surface area contributed by atoms with Gasteiger partial charge in [0.2, 0.25) is 0 Å². The molecule has 1 aliphatic rings. The van der Waals surface area contributed by atoms with Gasteiger partial charge in [-0.1, -0.05) is 38.8 Å². The molecule has 0 unspecified atom stereocenters. The Kier molecular flexibility index (Phi) is 9.04. The Balaban J connectivity index is 1.61. The van der Waals surface area contributed by atoms with Crippen molar-refractivity contribution >= 4 is 43.8 Å². The third-order valence-corrected chi connectivity index (χ3v) is 7.81. The summed E-state index contributed by atoms with van der Waals surface area (Å²) in [5.74, 6) is -0.190. The maximum Gasteiger partial charge on any atom is 0.338 e. The van der Waals surface area contributed by atoms with E-state index in [4.69, 9.17) is 18.6 Å². The molecule has 0 amide bonds. The summed E-state index contributed by atoms with van der Waals surface area (Å²) in [6.45, 7) is 2.50. The normalized spacial score (nSPS) is 24.1. The second kappa shape index (κ2) is 12.2. The third kappa shape index (κ3) is 6.47. The number of hydrogen-bond donors (Lipinski definition) is 0. The van der Waals surface area contributed by atoms with Gasteiger partial charge in [-0.15, -0.1) is 0 Å². The molecular formula is C28H28Br2O6. The highest BCUT2D eigenvalue weighted by atomic mass is 79.9. The Morgan fingerprint density at radius 1 is 0.889 bits per heavy atom. The van der Waals surface area contributed by atoms with Gasteiger partial charge in [0.1, 0.15) is 18.0 Å². The van der Waals surface area contributed by atoms with Crippen molar-refractivity contribution in [2.45, 2.75) is 37.9 Å². The van der Waals surface area contributed by atoms with Crippen LogP contribution >= 0.6 is 31.9 Å². The maximum absolute atomic E-state index is 13.0. The molecule has 0 N–H and O–H groups in total. The zero-order valence-electron chi connectivity index (χ0n) is 20.1. The highest BCUT2D eigenvalue weighted by Gasteiger charge is 2.43. The molecule has 6 nitrogen and oxygen atoms in total. The Morgan fingerprint density at radius 2 is 1.47 bits per heavy atom. The van der Waals surface area contributed by atoms with Gasteiger partial charge in [-0.2, -0.15) is 0 Å². The monoisotopic (exact) mass is 618 g/mol. The van der Waals surface area contributed by atoms with Gasteiger partial charge in [0.05, 0.1) is 24.0 Å². The fourth-order valence-corrected chi connectivity index (χ4v) is 5.34. The summed E-state index contributed by atoms with van der Waals surface area (Å²) in [6, 6.07) is 17.9. The van der Waals surface area contributed by atoms with E-state index in [1.54, 1.807) is 61.9 Å². The zero-order valence-corrected chi connectivity index (χ0v) is 23.2. The molecule has 0 spiro atoms. The Morgan fingerprint density at radius 3 is 2.00 bits per heavy atom. The molecule has 0 radical (unpaired) electrons. The average molecular weight is 620 g/mol. The van der Waals surface area contributed by atoms with Crippen molar-refractivity contribution in [2.24, 2.45) is 11.8 Å². The SMILES string of the molecule is COC[C@H]1[C@@H](C)[C@@H](OC(=O)c2ccc(Br)cc2)C[C@H](OC(=O)c2ccc(Br)cc2)C[C@H]1c1ccco1. The molecule has 2 aromatic carbocycles. The Labute approximate surface area is 227 Å². The molecule has 1 aromatic heterocycles. The van der Waals surface area contributed by atoms with E-state index in [1.165, 1.54) is 0 Å². The standard InChI is InChI=1S/C28H28Br2O6/c1-17-24(16-33-2)23(25-4-3-13-34-25)14-22(35-27(31)18-5-9-20(29)10-6-18)15-26(17)36-28(32)19-7-11-21(30)12-8-19/h3-13,17,22-24,26H,14-16H2,1-2H3/t17-,22-,23-,24+,26+/m1/s1. The average Bonchev–Trinajstić information content (AvgIpc) is 3.37. The van der Waals surface area contributed by atoms with Crippen molar-refractivity contribution in [3.8, 4) is 0 Å². The van der Waals surface area contributed by atoms with E-state index in [2.05, 4.69) is 38.8 Å². The maximum atomic E-state index is 13.0. The topological polar surface area (TPSA) is 75.0 Å². The number of ether oxygens (including phenoxy) is 3. The van der Waals surface area contributed by atoms with E-state index in [9.17, 15) is 9.59 Å². The third-order valence-electron chi connectivity index (χ3n) is 6.75. The lowest BCUT2D eigenvalue weighted by atomic mass is 9.79. The summed E-state index contributed by atoms with van der Waals surface area (Å²) in [7, 11) is 1.66. The summed E-state index contributed by atoms with van der Waals surface area (Å²) in [5.41, 5.74) is 0.922. The van der Waals surface area contributed by atoms with Gasteiger partial charge in [0.15, 0.2) is 0 Å². The molecule has 1 aliphatic carbocycles. The quantitative estimate of drug-likeness (QED) is 0.209. The molecule has 190 valence electrons. The van der Waals surface area contributed by atoms with Gasteiger partial charge in [0, 0.05) is 28.4 Å². The molecule has 1 fully saturated rings. The number of hydrogen-bond acceptors (Lipinski definition) is 6. The summed E-state index contributed by atoms with van der Waals surface area (Å²) < 4.78 is 25.2. The van der Waals surface area contributed by atoms with Crippen LogP contribution in [0.4, 0.5) is 0 Å². The van der Waals surface area contributed by atoms with Gasteiger partial charge >= 0.3 is 11.9 Å². The van der Waals surface area contributed by atoms with Crippen LogP contribution in [0, 0.1) is 11.8 Å². The lowest BCUT2D eigenvalue weighted by Gasteiger charge is -2.31. The number of methoxy groups -OCH3 is 1. The van der Waals surface area contributed by atoms with Gasteiger partial charge < -0.3 is 18.6 Å². The first kappa shape index (κ1) is 26.6. The zero-order chi connectivity index (χ0) is 25.7.